The topological polar surface area (TPSA) is 166 Å². The summed E-state index contributed by atoms with van der Waals surface area (Å²) in [5, 5.41) is 10.7. The van der Waals surface area contributed by atoms with Crippen molar-refractivity contribution in [3.8, 4) is 0 Å². The number of amides is 2. The van der Waals surface area contributed by atoms with Crippen LogP contribution in [0, 0.1) is 0 Å². The number of hydrogen-bond donors (Lipinski definition) is 4. The Hall–Kier alpha value is -3.18. The zero-order chi connectivity index (χ0) is 24.0. The lowest BCUT2D eigenvalue weighted by molar-refractivity contribution is -0.135. The first-order valence-electron chi connectivity index (χ1n) is 10.2. The molecule has 0 saturated heterocycles. The fraction of sp³-hybridized carbons (Fsp3) is 0.217. The Morgan fingerprint density at radius 1 is 1.09 bits per heavy atom. The number of anilines is 2. The van der Waals surface area contributed by atoms with Gasteiger partial charge < -0.3 is 22.3 Å². The zero-order valence-corrected chi connectivity index (χ0v) is 21.1. The summed E-state index contributed by atoms with van der Waals surface area (Å²) >= 11 is 1.15. The first-order chi connectivity index (χ1) is 15.8. The van der Waals surface area contributed by atoms with Crippen LogP contribution in [0.15, 0.2) is 53.9 Å². The maximum absolute atomic E-state index is 12.3. The van der Waals surface area contributed by atoms with E-state index >= 15 is 0 Å². The number of halogens is 2. The third-order valence-corrected chi connectivity index (χ3v) is 5.92. The highest BCUT2D eigenvalue weighted by Gasteiger charge is 2.23. The average molecular weight is 540 g/mol. The summed E-state index contributed by atoms with van der Waals surface area (Å²) < 4.78 is 0. The number of rotatable bonds is 6. The molecule has 0 aliphatic heterocycles. The highest BCUT2D eigenvalue weighted by Crippen LogP contribution is 2.32. The molecule has 3 aromatic rings. The molecule has 1 atom stereocenters. The van der Waals surface area contributed by atoms with Crippen molar-refractivity contribution in [2.24, 2.45) is 11.5 Å². The summed E-state index contributed by atoms with van der Waals surface area (Å²) in [6.45, 7) is 0.187. The summed E-state index contributed by atoms with van der Waals surface area (Å²) in [6.07, 6.45) is 2.16. The Morgan fingerprint density at radius 2 is 1.77 bits per heavy atom. The molecule has 7 N–H and O–H groups in total. The Morgan fingerprint density at radius 3 is 2.31 bits per heavy atom. The van der Waals surface area contributed by atoms with Crippen LogP contribution in [0.4, 0.5) is 10.9 Å². The second-order valence-electron chi connectivity index (χ2n) is 7.44. The van der Waals surface area contributed by atoms with Crippen molar-refractivity contribution in [3.63, 3.8) is 0 Å². The molecule has 0 bridgehead atoms. The monoisotopic (exact) mass is 539 g/mol. The minimum absolute atomic E-state index is 0. The van der Waals surface area contributed by atoms with Crippen molar-refractivity contribution in [1.82, 2.24) is 4.98 Å². The van der Waals surface area contributed by atoms with E-state index in [-0.39, 0.29) is 41.7 Å². The van der Waals surface area contributed by atoms with Crippen LogP contribution in [0.2, 0.25) is 0 Å². The van der Waals surface area contributed by atoms with Crippen molar-refractivity contribution in [2.75, 3.05) is 23.7 Å². The smallest absolute Gasteiger partial charge is 0.323 e. The van der Waals surface area contributed by atoms with Crippen molar-refractivity contribution < 1.29 is 19.5 Å². The summed E-state index contributed by atoms with van der Waals surface area (Å²) in [4.78, 5) is 39.2. The molecule has 1 unspecified atom stereocenters. The molecule has 35 heavy (non-hydrogen) atoms. The highest BCUT2D eigenvalue weighted by molar-refractivity contribution is 7.13. The molecule has 4 rings (SSSR count). The number of primary amides is 1. The van der Waals surface area contributed by atoms with E-state index in [0.717, 1.165) is 29.1 Å². The molecular formula is C23H27Cl2N5O4S. The molecule has 1 aliphatic rings. The maximum atomic E-state index is 12.3. The standard InChI is InChI=1S/C12H11N3O3S.C11H14N2O.2ClH/c13-12-14-9(7-19-12)15(6-10(16)17)11(18)8-4-2-1-3-5-8;12-6-9-4-2-7-1-3-8(11(13)14)5-10(7)9;;/h1-5,7H,6H2,(H2,13,14)(H,16,17);1,3,5,9H,2,4,6,12H2,(H2,13,14);2*1H. The minimum Gasteiger partial charge on any atom is -0.480 e. The number of thiazole rings is 1. The molecule has 0 fully saturated rings. The van der Waals surface area contributed by atoms with Crippen LogP contribution in [0.25, 0.3) is 0 Å². The van der Waals surface area contributed by atoms with E-state index in [4.69, 9.17) is 22.3 Å². The average Bonchev–Trinajstić information content (AvgIpc) is 3.43. The van der Waals surface area contributed by atoms with Gasteiger partial charge in [-0.2, -0.15) is 0 Å². The number of nitrogens with zero attached hydrogens (tertiary/aromatic N) is 2. The third kappa shape index (κ3) is 7.66. The lowest BCUT2D eigenvalue weighted by Gasteiger charge is -2.17. The summed E-state index contributed by atoms with van der Waals surface area (Å²) in [5.74, 6) is -1.25. The van der Waals surface area contributed by atoms with E-state index < -0.39 is 18.4 Å². The Kier molecular flexibility index (Phi) is 11.6. The summed E-state index contributed by atoms with van der Waals surface area (Å²) in [5.41, 5.74) is 19.9. The van der Waals surface area contributed by atoms with Crippen LogP contribution in [0.5, 0.6) is 0 Å². The first kappa shape index (κ1) is 29.9. The number of nitrogen functional groups attached to an aromatic ring is 1. The van der Waals surface area contributed by atoms with Gasteiger partial charge >= 0.3 is 5.97 Å². The van der Waals surface area contributed by atoms with Gasteiger partial charge in [0.1, 0.15) is 12.4 Å². The molecule has 0 radical (unpaired) electrons. The van der Waals surface area contributed by atoms with E-state index in [9.17, 15) is 14.4 Å². The SMILES string of the molecule is Cl.Cl.NCC1CCc2ccc(C(N)=O)cc21.Nc1nc(N(CC(=O)O)C(=O)c2ccccc2)cs1. The number of aliphatic carboxylic acids is 1. The molecule has 1 aromatic heterocycles. The molecule has 188 valence electrons. The summed E-state index contributed by atoms with van der Waals surface area (Å²) in [7, 11) is 0. The number of carbonyl (C=O) groups is 3. The largest absolute Gasteiger partial charge is 0.480 e. The molecular weight excluding hydrogens is 513 g/mol. The molecule has 1 heterocycles. The molecule has 2 aromatic carbocycles. The third-order valence-electron chi connectivity index (χ3n) is 5.26. The lowest BCUT2D eigenvalue weighted by atomic mass is 9.99. The van der Waals surface area contributed by atoms with Gasteiger partial charge in [0.2, 0.25) is 5.91 Å². The normalized spacial score (nSPS) is 13.2. The van der Waals surface area contributed by atoms with Crippen LogP contribution in [-0.4, -0.2) is 41.0 Å². The predicted octanol–water partition coefficient (Wildman–Crippen LogP) is 3.07. The zero-order valence-electron chi connectivity index (χ0n) is 18.6. The van der Waals surface area contributed by atoms with Gasteiger partial charge in [-0.05, 0) is 60.7 Å². The first-order valence-corrected chi connectivity index (χ1v) is 11.1. The molecule has 0 spiro atoms. The highest BCUT2D eigenvalue weighted by atomic mass is 35.5. The number of aryl methyl sites for hydroxylation is 1. The quantitative estimate of drug-likeness (QED) is 0.373. The Balaban J connectivity index is 0.000000344. The fourth-order valence-electron chi connectivity index (χ4n) is 3.62. The second-order valence-corrected chi connectivity index (χ2v) is 8.33. The number of hydrogen-bond acceptors (Lipinski definition) is 7. The van der Waals surface area contributed by atoms with E-state index in [0.29, 0.717) is 23.6 Å². The number of fused-ring (bicyclic) bond motifs is 1. The van der Waals surface area contributed by atoms with Crippen LogP contribution in [0.3, 0.4) is 0 Å². The van der Waals surface area contributed by atoms with E-state index in [2.05, 4.69) is 4.98 Å². The van der Waals surface area contributed by atoms with E-state index in [1.165, 1.54) is 11.1 Å². The molecule has 1 aliphatic carbocycles. The van der Waals surface area contributed by atoms with Crippen molar-refractivity contribution in [2.45, 2.75) is 18.8 Å². The predicted molar refractivity (Wildman–Crippen MR) is 142 cm³/mol. The molecule has 2 amide bonds. The van der Waals surface area contributed by atoms with Gasteiger partial charge in [-0.1, -0.05) is 24.3 Å². The number of carboxylic acids is 1. The van der Waals surface area contributed by atoms with Crippen LogP contribution >= 0.6 is 36.2 Å². The second kappa shape index (κ2) is 13.6. The molecule has 0 saturated carbocycles. The number of benzene rings is 2. The van der Waals surface area contributed by atoms with Gasteiger partial charge in [0.25, 0.3) is 5.91 Å². The van der Waals surface area contributed by atoms with Gasteiger partial charge in [-0.25, -0.2) is 4.98 Å². The van der Waals surface area contributed by atoms with Crippen molar-refractivity contribution in [3.05, 3.63) is 76.2 Å². The van der Waals surface area contributed by atoms with Gasteiger partial charge in [0.05, 0.1) is 0 Å². The van der Waals surface area contributed by atoms with Crippen molar-refractivity contribution >= 4 is 64.9 Å². The van der Waals surface area contributed by atoms with Gasteiger partial charge in [-0.15, -0.1) is 36.2 Å². The Labute approximate surface area is 219 Å². The minimum atomic E-state index is -1.11. The molecule has 9 nitrogen and oxygen atoms in total. The number of nitrogens with two attached hydrogens (primary N) is 3. The van der Waals surface area contributed by atoms with E-state index in [1.807, 2.05) is 12.1 Å². The van der Waals surface area contributed by atoms with Gasteiger partial charge in [0.15, 0.2) is 5.13 Å². The van der Waals surface area contributed by atoms with Crippen LogP contribution < -0.4 is 22.1 Å². The summed E-state index contributed by atoms with van der Waals surface area (Å²) in [6, 6.07) is 14.1. The van der Waals surface area contributed by atoms with Crippen LogP contribution in [-0.2, 0) is 11.2 Å². The van der Waals surface area contributed by atoms with E-state index in [1.54, 1.807) is 41.8 Å². The van der Waals surface area contributed by atoms with Gasteiger partial charge in [-0.3, -0.25) is 19.3 Å². The molecule has 12 heteroatoms. The maximum Gasteiger partial charge on any atom is 0.323 e. The lowest BCUT2D eigenvalue weighted by Crippen LogP contribution is -2.36. The van der Waals surface area contributed by atoms with Crippen LogP contribution in [0.1, 0.15) is 44.2 Å². The number of carbonyl (C=O) groups excluding carboxylic acids is 2. The fourth-order valence-corrected chi connectivity index (χ4v) is 4.17. The van der Waals surface area contributed by atoms with Gasteiger partial charge in [0, 0.05) is 16.5 Å². The number of aromatic nitrogens is 1. The van der Waals surface area contributed by atoms with Crippen molar-refractivity contribution in [1.29, 1.82) is 0 Å². The number of carboxylic acid groups (broad SMARTS) is 1. The Bertz CT molecular complexity index is 1160.